The highest BCUT2D eigenvalue weighted by Gasteiger charge is 2.21. The number of aromatic nitrogens is 3. The molecule has 0 radical (unpaired) electrons. The van der Waals surface area contributed by atoms with E-state index in [0.29, 0.717) is 0 Å². The van der Waals surface area contributed by atoms with Gasteiger partial charge in [-0.05, 0) is 32.9 Å². The maximum Gasteiger partial charge on any atom is 0.413 e. The lowest BCUT2D eigenvalue weighted by atomic mass is 10.2. The first-order valence-corrected chi connectivity index (χ1v) is 8.78. The molecule has 0 aliphatic rings. The molecular weight excluding hydrogens is 408 g/mol. The number of nitrogens with one attached hydrogen (secondary N) is 1. The zero-order valence-electron chi connectivity index (χ0n) is 15.0. The first-order valence-electron chi connectivity index (χ1n) is 8.02. The molecule has 28 heavy (non-hydrogen) atoms. The SMILES string of the molecule is CC(C)(C)OC(=O)Nc1ncc(F)c2nn(-c3c(Cl)cc(C#N)cc3Cl)cc12. The fraction of sp³-hybridized carbons (Fsp3) is 0.222. The van der Waals surface area contributed by atoms with Crippen molar-refractivity contribution >= 4 is 46.0 Å². The molecular formula is C18H14Cl2FN5O2. The van der Waals surface area contributed by atoms with Crippen molar-refractivity contribution in [1.29, 1.82) is 5.26 Å². The van der Waals surface area contributed by atoms with Crippen LogP contribution in [0.25, 0.3) is 16.6 Å². The Balaban J connectivity index is 2.08. The van der Waals surface area contributed by atoms with E-state index in [1.54, 1.807) is 20.8 Å². The minimum Gasteiger partial charge on any atom is -0.444 e. The highest BCUT2D eigenvalue weighted by molar-refractivity contribution is 6.38. The normalized spacial score (nSPS) is 11.3. The molecule has 1 N–H and O–H groups in total. The van der Waals surface area contributed by atoms with E-state index in [2.05, 4.69) is 15.4 Å². The molecule has 0 aliphatic heterocycles. The maximum absolute atomic E-state index is 14.2. The lowest BCUT2D eigenvalue weighted by Gasteiger charge is -2.19. The van der Waals surface area contributed by atoms with Crippen LogP contribution < -0.4 is 5.32 Å². The van der Waals surface area contributed by atoms with Gasteiger partial charge >= 0.3 is 6.09 Å². The number of fused-ring (bicyclic) bond motifs is 1. The lowest BCUT2D eigenvalue weighted by molar-refractivity contribution is 0.0635. The summed E-state index contributed by atoms with van der Waals surface area (Å²) in [6.07, 6.45) is 1.63. The topological polar surface area (TPSA) is 92.8 Å². The zero-order chi connectivity index (χ0) is 20.6. The molecule has 144 valence electrons. The van der Waals surface area contributed by atoms with Crippen LogP contribution in [0.15, 0.2) is 24.5 Å². The van der Waals surface area contributed by atoms with Crippen LogP contribution in [0, 0.1) is 17.1 Å². The molecule has 3 rings (SSSR count). The highest BCUT2D eigenvalue weighted by Crippen LogP contribution is 2.32. The van der Waals surface area contributed by atoms with Crippen LogP contribution in [0.2, 0.25) is 10.0 Å². The summed E-state index contributed by atoms with van der Waals surface area (Å²) in [5, 5.41) is 16.2. The number of ether oxygens (including phenoxy) is 1. The number of amides is 1. The summed E-state index contributed by atoms with van der Waals surface area (Å²) in [6.45, 7) is 5.15. The van der Waals surface area contributed by atoms with Gasteiger partial charge in [-0.25, -0.2) is 18.9 Å². The molecule has 0 saturated heterocycles. The van der Waals surface area contributed by atoms with Gasteiger partial charge in [-0.2, -0.15) is 10.4 Å². The highest BCUT2D eigenvalue weighted by atomic mass is 35.5. The van der Waals surface area contributed by atoms with E-state index >= 15 is 0 Å². The maximum atomic E-state index is 14.2. The summed E-state index contributed by atoms with van der Waals surface area (Å²) in [5.74, 6) is -0.623. The summed E-state index contributed by atoms with van der Waals surface area (Å²) in [7, 11) is 0. The molecule has 1 aromatic carbocycles. The van der Waals surface area contributed by atoms with Gasteiger partial charge in [0.05, 0.1) is 33.3 Å². The molecule has 0 aliphatic carbocycles. The number of carbonyl (C=O) groups excluding carboxylic acids is 1. The van der Waals surface area contributed by atoms with E-state index < -0.39 is 17.5 Å². The molecule has 0 bridgehead atoms. The predicted molar refractivity (Wildman–Crippen MR) is 103 cm³/mol. The van der Waals surface area contributed by atoms with Gasteiger partial charge in [0, 0.05) is 6.20 Å². The monoisotopic (exact) mass is 421 g/mol. The number of hydrogen-bond acceptors (Lipinski definition) is 5. The van der Waals surface area contributed by atoms with Gasteiger partial charge < -0.3 is 4.74 Å². The van der Waals surface area contributed by atoms with Crippen LogP contribution in [0.5, 0.6) is 0 Å². The van der Waals surface area contributed by atoms with Crippen molar-refractivity contribution in [2.75, 3.05) is 5.32 Å². The van der Waals surface area contributed by atoms with Crippen LogP contribution in [-0.4, -0.2) is 26.5 Å². The number of nitriles is 1. The third kappa shape index (κ3) is 4.01. The van der Waals surface area contributed by atoms with Crippen molar-refractivity contribution in [2.45, 2.75) is 26.4 Å². The third-order valence-corrected chi connectivity index (χ3v) is 4.07. The largest absolute Gasteiger partial charge is 0.444 e. The Morgan fingerprint density at radius 3 is 2.54 bits per heavy atom. The van der Waals surface area contributed by atoms with Crippen LogP contribution in [0.1, 0.15) is 26.3 Å². The van der Waals surface area contributed by atoms with Gasteiger partial charge in [0.25, 0.3) is 0 Å². The summed E-state index contributed by atoms with van der Waals surface area (Å²) < 4.78 is 20.7. The number of hydrogen-bond donors (Lipinski definition) is 1. The summed E-state index contributed by atoms with van der Waals surface area (Å²) in [4.78, 5) is 16.0. The van der Waals surface area contributed by atoms with Gasteiger partial charge in [-0.3, -0.25) is 5.32 Å². The van der Waals surface area contributed by atoms with Crippen molar-refractivity contribution in [1.82, 2.24) is 14.8 Å². The Labute approximate surface area is 169 Å². The molecule has 0 unspecified atom stereocenters. The van der Waals surface area contributed by atoms with Crippen molar-refractivity contribution in [2.24, 2.45) is 0 Å². The summed E-state index contributed by atoms with van der Waals surface area (Å²) >= 11 is 12.4. The van der Waals surface area contributed by atoms with Crippen molar-refractivity contribution in [3.63, 3.8) is 0 Å². The quantitative estimate of drug-likeness (QED) is 0.622. The van der Waals surface area contributed by atoms with Gasteiger partial charge in [-0.1, -0.05) is 23.2 Å². The van der Waals surface area contributed by atoms with Crippen molar-refractivity contribution in [3.05, 3.63) is 46.0 Å². The number of pyridine rings is 1. The van der Waals surface area contributed by atoms with E-state index in [1.807, 2.05) is 6.07 Å². The summed E-state index contributed by atoms with van der Waals surface area (Å²) in [6, 6.07) is 4.78. The molecule has 0 saturated carbocycles. The molecule has 0 atom stereocenters. The minimum atomic E-state index is -0.741. The lowest BCUT2D eigenvalue weighted by Crippen LogP contribution is -2.27. The number of nitrogens with zero attached hydrogens (tertiary/aromatic N) is 4. The molecule has 3 aromatic rings. The molecule has 10 heteroatoms. The number of halogens is 3. The average Bonchev–Trinajstić information content (AvgIpc) is 3.01. The van der Waals surface area contributed by atoms with Gasteiger partial charge in [0.15, 0.2) is 5.82 Å². The Morgan fingerprint density at radius 2 is 1.96 bits per heavy atom. The number of benzene rings is 1. The second-order valence-electron chi connectivity index (χ2n) is 6.82. The fourth-order valence-corrected chi connectivity index (χ4v) is 3.10. The third-order valence-electron chi connectivity index (χ3n) is 3.50. The van der Waals surface area contributed by atoms with E-state index in [4.69, 9.17) is 33.2 Å². The van der Waals surface area contributed by atoms with Crippen molar-refractivity contribution in [3.8, 4) is 11.8 Å². The number of anilines is 1. The molecule has 0 spiro atoms. The molecule has 2 heterocycles. The van der Waals surface area contributed by atoms with E-state index in [9.17, 15) is 9.18 Å². The van der Waals surface area contributed by atoms with E-state index in [1.165, 1.54) is 23.0 Å². The molecule has 1 amide bonds. The van der Waals surface area contributed by atoms with Crippen LogP contribution >= 0.6 is 23.2 Å². The first kappa shape index (κ1) is 19.9. The number of rotatable bonds is 2. The predicted octanol–water partition coefficient (Wildman–Crippen LogP) is 5.09. The average molecular weight is 422 g/mol. The van der Waals surface area contributed by atoms with Gasteiger partial charge in [0.2, 0.25) is 0 Å². The van der Waals surface area contributed by atoms with E-state index in [0.717, 1.165) is 6.20 Å². The Kier molecular flexibility index (Phi) is 5.15. The Hall–Kier alpha value is -2.89. The second kappa shape index (κ2) is 7.26. The Bertz CT molecular complexity index is 1110. The zero-order valence-corrected chi connectivity index (χ0v) is 16.6. The second-order valence-corrected chi connectivity index (χ2v) is 7.63. The van der Waals surface area contributed by atoms with Crippen LogP contribution in [0.3, 0.4) is 0 Å². The molecule has 2 aromatic heterocycles. The van der Waals surface area contributed by atoms with Crippen molar-refractivity contribution < 1.29 is 13.9 Å². The minimum absolute atomic E-state index is 0.0439. The summed E-state index contributed by atoms with van der Waals surface area (Å²) in [5.41, 5.74) is -0.217. The standard InChI is InChI=1S/C18H14Cl2FN5O2/c1-18(2,3)28-17(27)24-16-10-8-26(25-14(10)13(21)7-23-16)15-11(19)4-9(6-22)5-12(15)20/h4-5,7-8H,1-3H3,(H,23,24,27). The first-order chi connectivity index (χ1) is 13.1. The number of carbonyl (C=O) groups is 1. The Morgan fingerprint density at radius 1 is 1.32 bits per heavy atom. The fourth-order valence-electron chi connectivity index (χ4n) is 2.44. The molecule has 7 nitrogen and oxygen atoms in total. The molecule has 0 fully saturated rings. The van der Waals surface area contributed by atoms with Gasteiger partial charge in [0.1, 0.15) is 22.6 Å². The van der Waals surface area contributed by atoms with Crippen LogP contribution in [0.4, 0.5) is 15.0 Å². The van der Waals surface area contributed by atoms with Crippen LogP contribution in [-0.2, 0) is 4.74 Å². The smallest absolute Gasteiger partial charge is 0.413 e. The van der Waals surface area contributed by atoms with E-state index in [-0.39, 0.29) is 38.0 Å². The van der Waals surface area contributed by atoms with Gasteiger partial charge in [-0.15, -0.1) is 0 Å².